The number of benzene rings is 3. The maximum Gasteiger partial charge on any atom is 0.326 e. The van der Waals surface area contributed by atoms with Crippen LogP contribution in [-0.2, 0) is 25.8 Å². The Hall–Kier alpha value is -3.45. The first-order valence-electron chi connectivity index (χ1n) is 11.8. The SMILES string of the molecule is O=C(O)C1CC(S(=O)(=O)CCCc2ccccc2)CN1C(=O)C(c1ccccc1)c1ccccc1. The topological polar surface area (TPSA) is 91.8 Å². The zero-order valence-corrected chi connectivity index (χ0v) is 20.2. The van der Waals surface area contributed by atoms with E-state index in [1.165, 1.54) is 4.90 Å². The number of carboxylic acid groups (broad SMARTS) is 1. The van der Waals surface area contributed by atoms with Gasteiger partial charge in [-0.1, -0.05) is 91.0 Å². The van der Waals surface area contributed by atoms with Gasteiger partial charge in [0.05, 0.1) is 16.9 Å². The molecule has 3 aromatic carbocycles. The van der Waals surface area contributed by atoms with E-state index in [4.69, 9.17) is 0 Å². The second-order valence-electron chi connectivity index (χ2n) is 8.91. The van der Waals surface area contributed by atoms with E-state index in [9.17, 15) is 23.1 Å². The van der Waals surface area contributed by atoms with Gasteiger partial charge in [-0.25, -0.2) is 13.2 Å². The molecule has 1 aliphatic heterocycles. The Bertz CT molecular complexity index is 1210. The average Bonchev–Trinajstić information content (AvgIpc) is 3.33. The third-order valence-electron chi connectivity index (χ3n) is 6.59. The van der Waals surface area contributed by atoms with E-state index < -0.39 is 38.9 Å². The number of carbonyl (C=O) groups is 2. The van der Waals surface area contributed by atoms with E-state index in [0.717, 1.165) is 16.7 Å². The van der Waals surface area contributed by atoms with Crippen LogP contribution in [0.5, 0.6) is 0 Å². The summed E-state index contributed by atoms with van der Waals surface area (Å²) in [5.41, 5.74) is 2.53. The van der Waals surface area contributed by atoms with Gasteiger partial charge in [0.2, 0.25) is 5.91 Å². The minimum absolute atomic E-state index is 0.0400. The predicted molar refractivity (Wildman–Crippen MR) is 135 cm³/mol. The van der Waals surface area contributed by atoms with Gasteiger partial charge in [-0.15, -0.1) is 0 Å². The second-order valence-corrected chi connectivity index (χ2v) is 11.3. The van der Waals surface area contributed by atoms with Crippen LogP contribution in [-0.4, -0.2) is 53.9 Å². The van der Waals surface area contributed by atoms with Crippen molar-refractivity contribution in [1.82, 2.24) is 4.90 Å². The van der Waals surface area contributed by atoms with Gasteiger partial charge in [0.15, 0.2) is 9.84 Å². The number of likely N-dealkylation sites (tertiary alicyclic amines) is 1. The predicted octanol–water partition coefficient (Wildman–Crippen LogP) is 3.92. The van der Waals surface area contributed by atoms with Crippen molar-refractivity contribution >= 4 is 21.7 Å². The third kappa shape index (κ3) is 5.80. The first-order valence-corrected chi connectivity index (χ1v) is 13.5. The number of hydrogen-bond donors (Lipinski definition) is 1. The number of rotatable bonds is 9. The van der Waals surface area contributed by atoms with Gasteiger partial charge in [0, 0.05) is 6.54 Å². The molecule has 2 unspecified atom stereocenters. The number of carbonyl (C=O) groups excluding carboxylic acids is 1. The van der Waals surface area contributed by atoms with Crippen molar-refractivity contribution in [3.05, 3.63) is 108 Å². The second kappa shape index (κ2) is 10.9. The van der Waals surface area contributed by atoms with E-state index in [1.54, 1.807) is 0 Å². The number of hydrogen-bond acceptors (Lipinski definition) is 4. The summed E-state index contributed by atoms with van der Waals surface area (Å²) in [5, 5.41) is 8.98. The van der Waals surface area contributed by atoms with Crippen molar-refractivity contribution in [3.63, 3.8) is 0 Å². The number of carboxylic acids is 1. The van der Waals surface area contributed by atoms with Crippen molar-refractivity contribution < 1.29 is 23.1 Å². The largest absolute Gasteiger partial charge is 0.480 e. The molecule has 1 aliphatic rings. The lowest BCUT2D eigenvalue weighted by Crippen LogP contribution is -2.43. The molecule has 0 spiro atoms. The van der Waals surface area contributed by atoms with Crippen LogP contribution in [0.2, 0.25) is 0 Å². The number of nitrogens with zero attached hydrogens (tertiary/aromatic N) is 1. The zero-order valence-electron chi connectivity index (χ0n) is 19.4. The molecule has 182 valence electrons. The molecule has 0 bridgehead atoms. The lowest BCUT2D eigenvalue weighted by atomic mass is 9.90. The van der Waals surface area contributed by atoms with Gasteiger partial charge in [0.25, 0.3) is 0 Å². The smallest absolute Gasteiger partial charge is 0.326 e. The Morgan fingerprint density at radius 3 is 1.89 bits per heavy atom. The van der Waals surface area contributed by atoms with Gasteiger partial charge in [-0.05, 0) is 36.0 Å². The molecule has 0 aliphatic carbocycles. The molecular weight excluding hydrogens is 462 g/mol. The Morgan fingerprint density at radius 1 is 0.857 bits per heavy atom. The summed E-state index contributed by atoms with van der Waals surface area (Å²) in [5.74, 6) is -2.32. The van der Waals surface area contributed by atoms with Gasteiger partial charge in [-0.3, -0.25) is 4.79 Å². The van der Waals surface area contributed by atoms with E-state index in [2.05, 4.69) is 0 Å². The molecule has 35 heavy (non-hydrogen) atoms. The van der Waals surface area contributed by atoms with Crippen molar-refractivity contribution in [3.8, 4) is 0 Å². The molecule has 0 saturated carbocycles. The number of amides is 1. The average molecular weight is 492 g/mol. The molecule has 0 radical (unpaired) electrons. The van der Waals surface area contributed by atoms with Crippen molar-refractivity contribution in [2.24, 2.45) is 0 Å². The Balaban J connectivity index is 1.55. The highest BCUT2D eigenvalue weighted by molar-refractivity contribution is 7.92. The molecule has 3 aromatic rings. The van der Waals surface area contributed by atoms with Crippen LogP contribution in [0.1, 0.15) is 35.4 Å². The van der Waals surface area contributed by atoms with Crippen LogP contribution < -0.4 is 0 Å². The zero-order chi connectivity index (χ0) is 24.8. The van der Waals surface area contributed by atoms with Gasteiger partial charge < -0.3 is 10.0 Å². The maximum atomic E-state index is 13.8. The molecule has 6 nitrogen and oxygen atoms in total. The van der Waals surface area contributed by atoms with Gasteiger partial charge >= 0.3 is 5.97 Å². The molecule has 4 rings (SSSR count). The summed E-state index contributed by atoms with van der Waals surface area (Å²) >= 11 is 0. The summed E-state index contributed by atoms with van der Waals surface area (Å²) in [6.45, 7) is -0.111. The number of sulfone groups is 1. The van der Waals surface area contributed by atoms with Crippen LogP contribution in [0.15, 0.2) is 91.0 Å². The summed E-state index contributed by atoms with van der Waals surface area (Å²) in [7, 11) is -3.58. The number of aliphatic carboxylic acids is 1. The van der Waals surface area contributed by atoms with Crippen molar-refractivity contribution in [1.29, 1.82) is 0 Å². The minimum Gasteiger partial charge on any atom is -0.480 e. The molecule has 1 amide bonds. The van der Waals surface area contributed by atoms with E-state index >= 15 is 0 Å². The summed E-state index contributed by atoms with van der Waals surface area (Å²) in [6, 6.07) is 26.8. The normalized spacial score (nSPS) is 18.0. The highest BCUT2D eigenvalue weighted by Gasteiger charge is 2.46. The Kier molecular flexibility index (Phi) is 7.66. The highest BCUT2D eigenvalue weighted by atomic mass is 32.2. The van der Waals surface area contributed by atoms with E-state index in [1.807, 2.05) is 91.0 Å². The summed E-state index contributed by atoms with van der Waals surface area (Å²) < 4.78 is 26.3. The first-order chi connectivity index (χ1) is 16.9. The summed E-state index contributed by atoms with van der Waals surface area (Å²) in [6.07, 6.45) is 0.984. The Morgan fingerprint density at radius 2 is 1.37 bits per heavy atom. The van der Waals surface area contributed by atoms with Crippen LogP contribution in [0.3, 0.4) is 0 Å². The highest BCUT2D eigenvalue weighted by Crippen LogP contribution is 2.32. The Labute approximate surface area is 206 Å². The molecule has 0 aromatic heterocycles. The van der Waals surface area contributed by atoms with Gasteiger partial charge in [0.1, 0.15) is 6.04 Å². The molecule has 2 atom stereocenters. The molecule has 1 fully saturated rings. The molecule has 7 heteroatoms. The van der Waals surface area contributed by atoms with Crippen molar-refractivity contribution in [2.45, 2.75) is 36.5 Å². The lowest BCUT2D eigenvalue weighted by molar-refractivity contribution is -0.148. The quantitative estimate of drug-likeness (QED) is 0.490. The standard InChI is InChI=1S/C28H29NO5S/c30-27(26(22-14-6-2-7-15-22)23-16-8-3-9-17-23)29-20-24(19-25(29)28(31)32)35(33,34)18-10-13-21-11-4-1-5-12-21/h1-9,11-12,14-17,24-26H,10,13,18-20H2,(H,31,32). The third-order valence-corrected chi connectivity index (χ3v) is 8.80. The van der Waals surface area contributed by atoms with Crippen molar-refractivity contribution in [2.75, 3.05) is 12.3 Å². The maximum absolute atomic E-state index is 13.8. The monoisotopic (exact) mass is 491 g/mol. The van der Waals surface area contributed by atoms with Crippen LogP contribution >= 0.6 is 0 Å². The minimum atomic E-state index is -3.58. The molecular formula is C28H29NO5S. The molecule has 1 heterocycles. The van der Waals surface area contributed by atoms with E-state index in [-0.39, 0.29) is 18.7 Å². The van der Waals surface area contributed by atoms with Crippen LogP contribution in [0.25, 0.3) is 0 Å². The van der Waals surface area contributed by atoms with E-state index in [0.29, 0.717) is 12.8 Å². The fraction of sp³-hybridized carbons (Fsp3) is 0.286. The lowest BCUT2D eigenvalue weighted by Gasteiger charge is -2.27. The van der Waals surface area contributed by atoms with Gasteiger partial charge in [-0.2, -0.15) is 0 Å². The molecule has 1 saturated heterocycles. The fourth-order valence-electron chi connectivity index (χ4n) is 4.76. The van der Waals surface area contributed by atoms with Crippen LogP contribution in [0.4, 0.5) is 0 Å². The fourth-order valence-corrected chi connectivity index (χ4v) is 6.50. The first kappa shape index (κ1) is 24.7. The summed E-state index contributed by atoms with van der Waals surface area (Å²) in [4.78, 5) is 27.2. The number of aryl methyl sites for hydroxylation is 1. The van der Waals surface area contributed by atoms with Crippen LogP contribution in [0, 0.1) is 0 Å². The molecule has 1 N–H and O–H groups in total.